The highest BCUT2D eigenvalue weighted by Crippen LogP contribution is 2.49. The van der Waals surface area contributed by atoms with E-state index in [2.05, 4.69) is 28.2 Å². The molecule has 2 aromatic rings. The maximum absolute atomic E-state index is 12.2. The summed E-state index contributed by atoms with van der Waals surface area (Å²) in [4.78, 5) is 7.12. The number of hydrogen-bond donors (Lipinski definition) is 2. The summed E-state index contributed by atoms with van der Waals surface area (Å²) in [5.41, 5.74) is 9.05. The number of hydrogen-bond acceptors (Lipinski definition) is 7. The van der Waals surface area contributed by atoms with Gasteiger partial charge in [0.25, 0.3) is 0 Å². The molecule has 1 saturated heterocycles. The summed E-state index contributed by atoms with van der Waals surface area (Å²) in [6, 6.07) is 8.14. The lowest BCUT2D eigenvalue weighted by atomic mass is 9.97. The van der Waals surface area contributed by atoms with Crippen molar-refractivity contribution in [2.45, 2.75) is 57.5 Å². The molecule has 0 radical (unpaired) electrons. The third-order valence-corrected chi connectivity index (χ3v) is 8.90. The Morgan fingerprint density at radius 3 is 2.70 bits per heavy atom. The molecular weight excluding hydrogens is 438 g/mol. The van der Waals surface area contributed by atoms with Gasteiger partial charge in [-0.05, 0) is 38.2 Å². The number of methoxy groups -OCH3 is 1. The summed E-state index contributed by atoms with van der Waals surface area (Å²) in [5, 5.41) is 4.87. The van der Waals surface area contributed by atoms with Crippen LogP contribution in [0.4, 0.5) is 17.2 Å². The summed E-state index contributed by atoms with van der Waals surface area (Å²) in [5.74, 6) is 0.805. The number of ether oxygens (including phenoxy) is 1. The first kappa shape index (κ1) is 24.0. The molecule has 33 heavy (non-hydrogen) atoms. The fourth-order valence-corrected chi connectivity index (χ4v) is 6.78. The molecule has 1 aromatic carbocycles. The van der Waals surface area contributed by atoms with Crippen molar-refractivity contribution < 1.29 is 13.2 Å². The lowest BCUT2D eigenvalue weighted by molar-refractivity contribution is 0.168. The predicted octanol–water partition coefficient (Wildman–Crippen LogP) is 3.79. The monoisotopic (exact) mass is 475 g/mol. The Hall–Kier alpha value is -2.10. The highest BCUT2D eigenvalue weighted by Gasteiger charge is 2.44. The summed E-state index contributed by atoms with van der Waals surface area (Å²) < 4.78 is 31.5. The molecule has 0 aliphatic carbocycles. The maximum atomic E-state index is 12.2. The number of nitrogens with zero attached hydrogens (tertiary/aromatic N) is 3. The van der Waals surface area contributed by atoms with E-state index >= 15 is 0 Å². The molecule has 2 aliphatic heterocycles. The number of fused-ring (bicyclic) bond motifs is 3. The molecule has 0 spiro atoms. The molecule has 1 fully saturated rings. The Morgan fingerprint density at radius 2 is 1.97 bits per heavy atom. The van der Waals surface area contributed by atoms with E-state index in [-0.39, 0.29) is 11.4 Å². The molecule has 3 N–H and O–H groups in total. The van der Waals surface area contributed by atoms with Gasteiger partial charge in [-0.3, -0.25) is 0 Å². The number of anilines is 3. The zero-order chi connectivity index (χ0) is 23.5. The second-order valence-corrected chi connectivity index (χ2v) is 11.3. The minimum atomic E-state index is -3.05. The minimum absolute atomic E-state index is 0.284. The Morgan fingerprint density at radius 1 is 1.18 bits per heavy atom. The Kier molecular flexibility index (Phi) is 7.31. The van der Waals surface area contributed by atoms with Crippen LogP contribution in [0.15, 0.2) is 24.3 Å². The topological polar surface area (TPSA) is 101 Å². The van der Waals surface area contributed by atoms with E-state index in [4.69, 9.17) is 10.5 Å². The van der Waals surface area contributed by atoms with E-state index in [1.165, 1.54) is 0 Å². The molecular formula is C24H37N5O3S. The molecule has 0 amide bonds. The molecule has 8 nitrogen and oxygen atoms in total. The molecule has 1 atom stereocenters. The largest absolute Gasteiger partial charge is 0.385 e. The average Bonchev–Trinajstić information content (AvgIpc) is 3.31. The van der Waals surface area contributed by atoms with E-state index in [0.29, 0.717) is 25.5 Å². The van der Waals surface area contributed by atoms with Gasteiger partial charge in [0, 0.05) is 38.6 Å². The number of nitrogens with one attached hydrogen (secondary N) is 1. The van der Waals surface area contributed by atoms with Gasteiger partial charge in [0.2, 0.25) is 10.0 Å². The Balaban J connectivity index is 1.63. The summed E-state index contributed by atoms with van der Waals surface area (Å²) in [6.45, 7) is 4.90. The van der Waals surface area contributed by atoms with Crippen LogP contribution in [0.25, 0.3) is 10.9 Å². The van der Waals surface area contributed by atoms with Crippen LogP contribution in [0.2, 0.25) is 0 Å². The van der Waals surface area contributed by atoms with Crippen LogP contribution in [0.3, 0.4) is 0 Å². The minimum Gasteiger partial charge on any atom is -0.385 e. The normalized spacial score (nSPS) is 22.1. The van der Waals surface area contributed by atoms with Crippen molar-refractivity contribution >= 4 is 38.1 Å². The molecule has 4 rings (SSSR count). The van der Waals surface area contributed by atoms with Crippen LogP contribution in [-0.2, 0) is 14.8 Å². The molecule has 1 aromatic heterocycles. The van der Waals surface area contributed by atoms with Crippen LogP contribution in [0.1, 0.15) is 51.9 Å². The van der Waals surface area contributed by atoms with Gasteiger partial charge in [-0.2, -0.15) is 0 Å². The number of aromatic nitrogens is 1. The van der Waals surface area contributed by atoms with Gasteiger partial charge in [-0.25, -0.2) is 17.7 Å². The van der Waals surface area contributed by atoms with Crippen molar-refractivity contribution in [3.8, 4) is 0 Å². The quantitative estimate of drug-likeness (QED) is 0.477. The number of para-hydroxylation sites is 1. The van der Waals surface area contributed by atoms with Crippen molar-refractivity contribution in [1.82, 2.24) is 9.29 Å². The van der Waals surface area contributed by atoms with Crippen LogP contribution in [0.5, 0.6) is 0 Å². The first-order valence-corrected chi connectivity index (χ1v) is 13.7. The highest BCUT2D eigenvalue weighted by molar-refractivity contribution is 7.89. The molecule has 182 valence electrons. The fourth-order valence-electron chi connectivity index (χ4n) is 5.22. The van der Waals surface area contributed by atoms with Crippen molar-refractivity contribution in [2.75, 3.05) is 55.1 Å². The number of nitrogens with two attached hydrogens (primary N) is 1. The van der Waals surface area contributed by atoms with Crippen molar-refractivity contribution in [3.63, 3.8) is 0 Å². The first-order chi connectivity index (χ1) is 15.9. The first-order valence-electron chi connectivity index (χ1n) is 12.1. The van der Waals surface area contributed by atoms with E-state index in [1.54, 1.807) is 11.4 Å². The van der Waals surface area contributed by atoms with Gasteiger partial charge < -0.3 is 20.7 Å². The van der Waals surface area contributed by atoms with Gasteiger partial charge >= 0.3 is 0 Å². The van der Waals surface area contributed by atoms with Crippen LogP contribution in [0, 0.1) is 0 Å². The van der Waals surface area contributed by atoms with Crippen molar-refractivity contribution in [1.29, 1.82) is 0 Å². The van der Waals surface area contributed by atoms with Gasteiger partial charge in [-0.15, -0.1) is 0 Å². The number of pyridine rings is 1. The lowest BCUT2D eigenvalue weighted by Gasteiger charge is -2.41. The molecule has 2 aliphatic rings. The molecule has 9 heteroatoms. The Bertz CT molecular complexity index is 1070. The van der Waals surface area contributed by atoms with Crippen LogP contribution >= 0.6 is 0 Å². The molecule has 0 bridgehead atoms. The van der Waals surface area contributed by atoms with E-state index in [0.717, 1.165) is 73.8 Å². The second-order valence-electron chi connectivity index (χ2n) is 9.17. The predicted molar refractivity (Wildman–Crippen MR) is 135 cm³/mol. The standard InChI is InChI=1S/C24H37N5O3S/c1-3-4-12-24(13-17-32-2)27-21-22(19-10-5-6-11-20(19)26-23(21)25)29(24)16-8-7-14-28-15-9-18-33(28,30)31/h5-6,10-11,27H,3-4,7-9,12-18H2,1-2H3,(H2,25,26). The SMILES string of the molecule is CCCCC1(CCOC)Nc2c(N)nc3ccccc3c2N1CCCCN1CCCS1(=O)=O. The third kappa shape index (κ3) is 4.76. The number of sulfonamides is 1. The highest BCUT2D eigenvalue weighted by atomic mass is 32.2. The van der Waals surface area contributed by atoms with E-state index in [1.807, 2.05) is 18.2 Å². The fraction of sp³-hybridized carbons (Fsp3) is 0.625. The summed E-state index contributed by atoms with van der Waals surface area (Å²) >= 11 is 0. The van der Waals surface area contributed by atoms with E-state index < -0.39 is 10.0 Å². The zero-order valence-electron chi connectivity index (χ0n) is 19.8. The number of rotatable bonds is 11. The van der Waals surface area contributed by atoms with Gasteiger partial charge in [-0.1, -0.05) is 31.5 Å². The molecule has 3 heterocycles. The van der Waals surface area contributed by atoms with Gasteiger partial charge in [0.1, 0.15) is 17.2 Å². The van der Waals surface area contributed by atoms with Crippen LogP contribution in [-0.4, -0.2) is 62.5 Å². The van der Waals surface area contributed by atoms with E-state index in [9.17, 15) is 8.42 Å². The number of unbranched alkanes of at least 4 members (excludes halogenated alkanes) is 2. The van der Waals surface area contributed by atoms with Crippen molar-refractivity contribution in [3.05, 3.63) is 24.3 Å². The second kappa shape index (κ2) is 10.0. The van der Waals surface area contributed by atoms with Gasteiger partial charge in [0.15, 0.2) is 0 Å². The summed E-state index contributed by atoms with van der Waals surface area (Å²) in [6.07, 6.45) is 6.44. The van der Waals surface area contributed by atoms with Crippen LogP contribution < -0.4 is 16.0 Å². The Labute approximate surface area is 197 Å². The number of nitrogen functional groups attached to an aromatic ring is 1. The zero-order valence-corrected chi connectivity index (χ0v) is 20.7. The molecule has 1 unspecified atom stereocenters. The maximum Gasteiger partial charge on any atom is 0.214 e. The summed E-state index contributed by atoms with van der Waals surface area (Å²) in [7, 11) is -1.31. The lowest BCUT2D eigenvalue weighted by Crippen LogP contribution is -2.52. The van der Waals surface area contributed by atoms with Gasteiger partial charge in [0.05, 0.1) is 23.6 Å². The smallest absolute Gasteiger partial charge is 0.214 e. The number of benzene rings is 1. The molecule has 0 saturated carbocycles. The van der Waals surface area contributed by atoms with Crippen molar-refractivity contribution in [2.24, 2.45) is 0 Å². The average molecular weight is 476 g/mol. The third-order valence-electron chi connectivity index (χ3n) is 6.94.